The third kappa shape index (κ3) is 3.21. The highest BCUT2D eigenvalue weighted by Crippen LogP contribution is 2.20. The Hall–Kier alpha value is -2.37. The minimum absolute atomic E-state index is 0.276. The van der Waals surface area contributed by atoms with E-state index < -0.39 is 0 Å². The van der Waals surface area contributed by atoms with Gasteiger partial charge in [-0.15, -0.1) is 0 Å². The van der Waals surface area contributed by atoms with Gasteiger partial charge in [0, 0.05) is 31.0 Å². The van der Waals surface area contributed by atoms with Crippen LogP contribution < -0.4 is 10.2 Å². The normalized spacial score (nSPS) is 15.0. The molecule has 0 unspecified atom stereocenters. The van der Waals surface area contributed by atoms with Crippen molar-refractivity contribution >= 4 is 17.4 Å². The molecule has 1 aliphatic heterocycles. The van der Waals surface area contributed by atoms with Gasteiger partial charge >= 0.3 is 0 Å². The minimum Gasteiger partial charge on any atom is -0.371 e. The lowest BCUT2D eigenvalue weighted by atomic mass is 10.1. The lowest BCUT2D eigenvalue weighted by Crippen LogP contribution is -2.29. The molecule has 6 heteroatoms. The van der Waals surface area contributed by atoms with E-state index in [0.29, 0.717) is 17.3 Å². The van der Waals surface area contributed by atoms with Gasteiger partial charge in [0.25, 0.3) is 5.91 Å². The Morgan fingerprint density at radius 2 is 2.10 bits per heavy atom. The summed E-state index contributed by atoms with van der Waals surface area (Å²) >= 11 is 0. The number of hydrogen-bond donors (Lipinski definition) is 1. The van der Waals surface area contributed by atoms with Crippen LogP contribution in [0.4, 0.5) is 11.5 Å². The molecule has 3 rings (SSSR count). The monoisotopic (exact) mass is 286 g/mol. The van der Waals surface area contributed by atoms with Crippen LogP contribution in [0, 0.1) is 6.92 Å². The standard InChI is InChI=1S/C15H18N4O2/c1-11-9-14(18-21-11)17-15(20)13-10-12(5-6-16-13)19-7-3-2-4-8-19/h5-6,9-10H,2-4,7-8H2,1H3,(H,17,18,20). The fourth-order valence-corrected chi connectivity index (χ4v) is 2.50. The molecular weight excluding hydrogens is 268 g/mol. The molecule has 1 N–H and O–H groups in total. The summed E-state index contributed by atoms with van der Waals surface area (Å²) in [5.41, 5.74) is 1.44. The highest BCUT2D eigenvalue weighted by molar-refractivity contribution is 6.02. The van der Waals surface area contributed by atoms with Crippen LogP contribution in [0.2, 0.25) is 0 Å². The first kappa shape index (κ1) is 13.6. The van der Waals surface area contributed by atoms with E-state index in [1.54, 1.807) is 19.2 Å². The number of aromatic nitrogens is 2. The van der Waals surface area contributed by atoms with Gasteiger partial charge in [0.05, 0.1) is 0 Å². The van der Waals surface area contributed by atoms with Crippen molar-refractivity contribution in [1.82, 2.24) is 10.1 Å². The van der Waals surface area contributed by atoms with E-state index in [1.807, 2.05) is 12.1 Å². The van der Waals surface area contributed by atoms with Crippen molar-refractivity contribution in [2.75, 3.05) is 23.3 Å². The summed E-state index contributed by atoms with van der Waals surface area (Å²) in [6.07, 6.45) is 5.34. The van der Waals surface area contributed by atoms with Gasteiger partial charge in [-0.2, -0.15) is 0 Å². The number of pyridine rings is 1. The Kier molecular flexibility index (Phi) is 3.85. The van der Waals surface area contributed by atoms with E-state index in [4.69, 9.17) is 4.52 Å². The molecule has 21 heavy (non-hydrogen) atoms. The maximum Gasteiger partial charge on any atom is 0.275 e. The van der Waals surface area contributed by atoms with Crippen LogP contribution >= 0.6 is 0 Å². The Morgan fingerprint density at radius 3 is 2.81 bits per heavy atom. The van der Waals surface area contributed by atoms with Crippen LogP contribution in [-0.4, -0.2) is 29.1 Å². The number of nitrogens with zero attached hydrogens (tertiary/aromatic N) is 3. The number of carbonyl (C=O) groups is 1. The number of carbonyl (C=O) groups excluding carboxylic acids is 1. The zero-order valence-electron chi connectivity index (χ0n) is 12.0. The Labute approximate surface area is 123 Å². The predicted octanol–water partition coefficient (Wildman–Crippen LogP) is 2.62. The van der Waals surface area contributed by atoms with Crippen molar-refractivity contribution in [1.29, 1.82) is 0 Å². The molecule has 0 aliphatic carbocycles. The molecular formula is C15H18N4O2. The number of hydrogen-bond acceptors (Lipinski definition) is 5. The van der Waals surface area contributed by atoms with Gasteiger partial charge in [0.1, 0.15) is 11.5 Å². The lowest BCUT2D eigenvalue weighted by molar-refractivity contribution is 0.102. The number of anilines is 2. The number of nitrogens with one attached hydrogen (secondary N) is 1. The van der Waals surface area contributed by atoms with Crippen molar-refractivity contribution in [3.05, 3.63) is 35.9 Å². The maximum absolute atomic E-state index is 12.2. The van der Waals surface area contributed by atoms with Crippen LogP contribution in [0.5, 0.6) is 0 Å². The lowest BCUT2D eigenvalue weighted by Gasteiger charge is -2.28. The quantitative estimate of drug-likeness (QED) is 0.939. The summed E-state index contributed by atoms with van der Waals surface area (Å²) in [4.78, 5) is 18.6. The highest BCUT2D eigenvalue weighted by Gasteiger charge is 2.15. The first-order chi connectivity index (χ1) is 10.2. The molecule has 1 amide bonds. The van der Waals surface area contributed by atoms with E-state index in [0.717, 1.165) is 18.8 Å². The third-order valence-electron chi connectivity index (χ3n) is 3.57. The number of amides is 1. The summed E-state index contributed by atoms with van der Waals surface area (Å²) in [6.45, 7) is 3.85. The van der Waals surface area contributed by atoms with Crippen molar-refractivity contribution in [3.63, 3.8) is 0 Å². The van der Waals surface area contributed by atoms with Crippen molar-refractivity contribution in [2.45, 2.75) is 26.2 Å². The largest absolute Gasteiger partial charge is 0.371 e. The highest BCUT2D eigenvalue weighted by atomic mass is 16.5. The van der Waals surface area contributed by atoms with Gasteiger partial charge in [0.2, 0.25) is 0 Å². The predicted molar refractivity (Wildman–Crippen MR) is 79.5 cm³/mol. The van der Waals surface area contributed by atoms with Crippen LogP contribution in [0.1, 0.15) is 35.5 Å². The van der Waals surface area contributed by atoms with Gasteiger partial charge in [-0.25, -0.2) is 0 Å². The second kappa shape index (κ2) is 5.95. The summed E-state index contributed by atoms with van der Waals surface area (Å²) in [6, 6.07) is 5.45. The van der Waals surface area contributed by atoms with Crippen LogP contribution in [0.15, 0.2) is 28.9 Å². The zero-order chi connectivity index (χ0) is 14.7. The van der Waals surface area contributed by atoms with Crippen LogP contribution in [0.25, 0.3) is 0 Å². The molecule has 2 aromatic heterocycles. The molecule has 1 fully saturated rings. The molecule has 3 heterocycles. The van der Waals surface area contributed by atoms with Gasteiger partial charge in [-0.1, -0.05) is 5.16 Å². The summed E-state index contributed by atoms with van der Waals surface area (Å²) in [5.74, 6) is 0.783. The second-order valence-corrected chi connectivity index (χ2v) is 5.22. The fourth-order valence-electron chi connectivity index (χ4n) is 2.50. The molecule has 110 valence electrons. The van der Waals surface area contributed by atoms with Crippen molar-refractivity contribution in [3.8, 4) is 0 Å². The van der Waals surface area contributed by atoms with Crippen LogP contribution in [0.3, 0.4) is 0 Å². The summed E-state index contributed by atoms with van der Waals surface area (Å²) in [7, 11) is 0. The topological polar surface area (TPSA) is 71.3 Å². The fraction of sp³-hybridized carbons (Fsp3) is 0.400. The Balaban J connectivity index is 1.74. The van der Waals surface area contributed by atoms with Crippen molar-refractivity contribution < 1.29 is 9.32 Å². The Morgan fingerprint density at radius 1 is 1.29 bits per heavy atom. The average molecular weight is 286 g/mol. The van der Waals surface area contributed by atoms with E-state index in [-0.39, 0.29) is 5.91 Å². The molecule has 0 spiro atoms. The Bertz CT molecular complexity index is 632. The molecule has 1 saturated heterocycles. The maximum atomic E-state index is 12.2. The molecule has 0 atom stereocenters. The van der Waals surface area contributed by atoms with E-state index >= 15 is 0 Å². The van der Waals surface area contributed by atoms with Gasteiger partial charge in [-0.3, -0.25) is 9.78 Å². The van der Waals surface area contributed by atoms with Crippen LogP contribution in [-0.2, 0) is 0 Å². The molecule has 0 saturated carbocycles. The minimum atomic E-state index is -0.276. The molecule has 0 radical (unpaired) electrons. The number of rotatable bonds is 3. The molecule has 6 nitrogen and oxygen atoms in total. The molecule has 1 aliphatic rings. The smallest absolute Gasteiger partial charge is 0.275 e. The van der Waals surface area contributed by atoms with Gasteiger partial charge < -0.3 is 14.7 Å². The SMILES string of the molecule is Cc1cc(NC(=O)c2cc(N3CCCCC3)ccn2)no1. The van der Waals surface area contributed by atoms with Gasteiger partial charge in [0.15, 0.2) is 5.82 Å². The zero-order valence-corrected chi connectivity index (χ0v) is 12.0. The first-order valence-electron chi connectivity index (χ1n) is 7.18. The van der Waals surface area contributed by atoms with E-state index in [1.165, 1.54) is 19.3 Å². The average Bonchev–Trinajstić information content (AvgIpc) is 2.93. The second-order valence-electron chi connectivity index (χ2n) is 5.22. The van der Waals surface area contributed by atoms with Crippen molar-refractivity contribution in [2.24, 2.45) is 0 Å². The van der Waals surface area contributed by atoms with E-state index in [9.17, 15) is 4.79 Å². The third-order valence-corrected chi connectivity index (χ3v) is 3.57. The molecule has 0 aromatic carbocycles. The van der Waals surface area contributed by atoms with Gasteiger partial charge in [-0.05, 0) is 38.3 Å². The first-order valence-corrected chi connectivity index (χ1v) is 7.18. The van der Waals surface area contributed by atoms with E-state index in [2.05, 4.69) is 20.4 Å². The summed E-state index contributed by atoms with van der Waals surface area (Å²) in [5, 5.41) is 6.43. The molecule has 2 aromatic rings. The number of aryl methyl sites for hydroxylation is 1. The number of piperidine rings is 1. The summed E-state index contributed by atoms with van der Waals surface area (Å²) < 4.78 is 4.93. The molecule has 0 bridgehead atoms.